The predicted octanol–water partition coefficient (Wildman–Crippen LogP) is 4.99. The molecule has 2 aromatic carbocycles. The fourth-order valence-electron chi connectivity index (χ4n) is 4.64. The van der Waals surface area contributed by atoms with Crippen molar-refractivity contribution in [3.8, 4) is 5.75 Å². The molecule has 0 bridgehead atoms. The lowest BCUT2D eigenvalue weighted by atomic mass is 9.86. The minimum Gasteiger partial charge on any atom is -0.497 e. The molecule has 0 saturated carbocycles. The molecule has 2 saturated heterocycles. The third-order valence-electron chi connectivity index (χ3n) is 6.62. The Morgan fingerprint density at radius 1 is 1.03 bits per heavy atom. The van der Waals surface area contributed by atoms with Gasteiger partial charge >= 0.3 is 0 Å². The molecule has 2 aliphatic heterocycles. The topological polar surface area (TPSA) is 63.6 Å². The first-order valence-corrected chi connectivity index (χ1v) is 12.9. The SMILES string of the molecule is COc1ccc(N2C(=O)/C(=C/C(C)=NOCCCCCCN3CCOCC3)C2c2ccccc2)cc1. The number of carbonyl (C=O) groups excluding carboxylic acids is 1. The zero-order valence-electron chi connectivity index (χ0n) is 21.4. The molecule has 192 valence electrons. The lowest BCUT2D eigenvalue weighted by molar-refractivity contribution is -0.119. The van der Waals surface area contributed by atoms with E-state index in [1.807, 2.05) is 72.5 Å². The van der Waals surface area contributed by atoms with E-state index >= 15 is 0 Å². The van der Waals surface area contributed by atoms with E-state index in [1.165, 1.54) is 12.8 Å². The highest BCUT2D eigenvalue weighted by Gasteiger charge is 2.43. The first-order valence-electron chi connectivity index (χ1n) is 12.9. The second kappa shape index (κ2) is 13.2. The summed E-state index contributed by atoms with van der Waals surface area (Å²) in [7, 11) is 1.63. The zero-order chi connectivity index (χ0) is 25.2. The lowest BCUT2D eigenvalue weighted by Gasteiger charge is -2.43. The Morgan fingerprint density at radius 2 is 1.75 bits per heavy atom. The molecule has 0 radical (unpaired) electrons. The van der Waals surface area contributed by atoms with Gasteiger partial charge in [0.15, 0.2) is 0 Å². The van der Waals surface area contributed by atoms with Crippen molar-refractivity contribution in [1.29, 1.82) is 0 Å². The second-order valence-corrected chi connectivity index (χ2v) is 9.22. The molecule has 2 heterocycles. The third kappa shape index (κ3) is 6.74. The molecule has 1 atom stereocenters. The second-order valence-electron chi connectivity index (χ2n) is 9.22. The maximum atomic E-state index is 13.1. The quantitative estimate of drug-likeness (QED) is 0.138. The van der Waals surface area contributed by atoms with Crippen LogP contribution in [0.1, 0.15) is 44.2 Å². The van der Waals surface area contributed by atoms with Gasteiger partial charge in [-0.05, 0) is 68.6 Å². The summed E-state index contributed by atoms with van der Waals surface area (Å²) in [6.45, 7) is 7.44. The summed E-state index contributed by atoms with van der Waals surface area (Å²) in [5.41, 5.74) is 3.31. The Hall–Kier alpha value is -3.16. The molecule has 1 amide bonds. The number of hydrogen-bond donors (Lipinski definition) is 0. The maximum absolute atomic E-state index is 13.1. The fraction of sp³-hybridized carbons (Fsp3) is 0.448. The van der Waals surface area contributed by atoms with Crippen LogP contribution in [-0.4, -0.2) is 63.1 Å². The van der Waals surface area contributed by atoms with Gasteiger partial charge in [0.1, 0.15) is 12.4 Å². The summed E-state index contributed by atoms with van der Waals surface area (Å²) in [5.74, 6) is 0.736. The Morgan fingerprint density at radius 3 is 2.47 bits per heavy atom. The number of hydrogen-bond acceptors (Lipinski definition) is 6. The van der Waals surface area contributed by atoms with Gasteiger partial charge in [-0.15, -0.1) is 0 Å². The van der Waals surface area contributed by atoms with Gasteiger partial charge in [0.25, 0.3) is 5.91 Å². The Balaban J connectivity index is 1.29. The summed E-state index contributed by atoms with van der Waals surface area (Å²) in [5, 5.41) is 4.25. The van der Waals surface area contributed by atoms with E-state index in [4.69, 9.17) is 14.3 Å². The molecule has 7 heteroatoms. The van der Waals surface area contributed by atoms with E-state index in [1.54, 1.807) is 7.11 Å². The van der Waals surface area contributed by atoms with Gasteiger partial charge in [-0.2, -0.15) is 0 Å². The summed E-state index contributed by atoms with van der Waals surface area (Å²) >= 11 is 0. The normalized spacial score (nSPS) is 19.9. The van der Waals surface area contributed by atoms with Crippen LogP contribution in [0.15, 0.2) is 71.4 Å². The number of unbranched alkanes of at least 4 members (excludes halogenated alkanes) is 3. The molecular formula is C29H37N3O4. The number of rotatable bonds is 12. The van der Waals surface area contributed by atoms with E-state index in [2.05, 4.69) is 10.1 Å². The average Bonchev–Trinajstić information content (AvgIpc) is 2.93. The van der Waals surface area contributed by atoms with Crippen molar-refractivity contribution in [2.24, 2.45) is 5.16 Å². The van der Waals surface area contributed by atoms with Gasteiger partial charge in [-0.3, -0.25) is 14.6 Å². The van der Waals surface area contributed by atoms with Gasteiger partial charge in [0.2, 0.25) is 0 Å². The van der Waals surface area contributed by atoms with Crippen LogP contribution in [0.5, 0.6) is 5.75 Å². The number of amides is 1. The van der Waals surface area contributed by atoms with Gasteiger partial charge in [-0.25, -0.2) is 0 Å². The largest absolute Gasteiger partial charge is 0.497 e. The molecule has 0 spiro atoms. The molecule has 2 aliphatic rings. The highest BCUT2D eigenvalue weighted by atomic mass is 16.6. The number of allylic oxidation sites excluding steroid dienone is 1. The van der Waals surface area contributed by atoms with Crippen LogP contribution < -0.4 is 9.64 Å². The van der Waals surface area contributed by atoms with Crippen LogP contribution in [-0.2, 0) is 14.4 Å². The average molecular weight is 492 g/mol. The summed E-state index contributed by atoms with van der Waals surface area (Å²) in [6.07, 6.45) is 6.37. The zero-order valence-corrected chi connectivity index (χ0v) is 21.4. The van der Waals surface area contributed by atoms with Crippen LogP contribution in [0.4, 0.5) is 5.69 Å². The standard InChI is InChI=1S/C29H37N3O4/c1-23(30-36-19-9-4-3-8-16-31-17-20-35-21-18-31)22-27-28(24-10-6-5-7-11-24)32(29(27)33)25-12-14-26(34-2)15-13-25/h5-7,10-15,22,28H,3-4,8-9,16-21H2,1-2H3/b27-22+,30-23?. The molecule has 2 fully saturated rings. The van der Waals surface area contributed by atoms with E-state index in [9.17, 15) is 4.79 Å². The lowest BCUT2D eigenvalue weighted by Crippen LogP contribution is -2.49. The van der Waals surface area contributed by atoms with Gasteiger partial charge < -0.3 is 14.3 Å². The van der Waals surface area contributed by atoms with Gasteiger partial charge in [0.05, 0.1) is 32.1 Å². The highest BCUT2D eigenvalue weighted by Crippen LogP contribution is 2.43. The number of methoxy groups -OCH3 is 1. The van der Waals surface area contributed by atoms with Crippen LogP contribution in [0.25, 0.3) is 0 Å². The van der Waals surface area contributed by atoms with Crippen molar-refractivity contribution < 1.29 is 19.1 Å². The van der Waals surface area contributed by atoms with Crippen LogP contribution in [0.3, 0.4) is 0 Å². The minimum atomic E-state index is -0.163. The van der Waals surface area contributed by atoms with E-state index in [0.717, 1.165) is 62.7 Å². The summed E-state index contributed by atoms with van der Waals surface area (Å²) in [6, 6.07) is 17.5. The molecule has 0 aromatic heterocycles. The van der Waals surface area contributed by atoms with Crippen LogP contribution in [0.2, 0.25) is 0 Å². The molecule has 1 unspecified atom stereocenters. The first kappa shape index (κ1) is 25.9. The molecule has 0 N–H and O–H groups in total. The van der Waals surface area contributed by atoms with Crippen LogP contribution >= 0.6 is 0 Å². The predicted molar refractivity (Wildman–Crippen MR) is 143 cm³/mol. The summed E-state index contributed by atoms with van der Waals surface area (Å²) < 4.78 is 10.7. The van der Waals surface area contributed by atoms with E-state index in [-0.39, 0.29) is 11.9 Å². The number of morpholine rings is 1. The number of carbonyl (C=O) groups is 1. The first-order chi connectivity index (χ1) is 17.7. The fourth-order valence-corrected chi connectivity index (χ4v) is 4.64. The van der Waals surface area contributed by atoms with Crippen LogP contribution in [0, 0.1) is 0 Å². The van der Waals surface area contributed by atoms with Crippen molar-refractivity contribution in [3.63, 3.8) is 0 Å². The molecule has 2 aromatic rings. The molecule has 7 nitrogen and oxygen atoms in total. The number of nitrogens with zero attached hydrogens (tertiary/aromatic N) is 3. The number of β-lactam (4-membered cyclic amide) rings is 1. The maximum Gasteiger partial charge on any atom is 0.257 e. The van der Waals surface area contributed by atoms with Crippen molar-refractivity contribution >= 4 is 17.3 Å². The van der Waals surface area contributed by atoms with Crippen molar-refractivity contribution in [3.05, 3.63) is 71.8 Å². The van der Waals surface area contributed by atoms with Gasteiger partial charge in [-0.1, -0.05) is 41.9 Å². The minimum absolute atomic E-state index is 0.0242. The van der Waals surface area contributed by atoms with Crippen molar-refractivity contribution in [2.45, 2.75) is 38.6 Å². The molecular weight excluding hydrogens is 454 g/mol. The molecule has 0 aliphatic carbocycles. The van der Waals surface area contributed by atoms with E-state index < -0.39 is 0 Å². The summed E-state index contributed by atoms with van der Waals surface area (Å²) in [4.78, 5) is 23.0. The van der Waals surface area contributed by atoms with Crippen molar-refractivity contribution in [1.82, 2.24) is 4.90 Å². The monoisotopic (exact) mass is 491 g/mol. The molecule has 4 rings (SSSR count). The number of oxime groups is 1. The smallest absolute Gasteiger partial charge is 0.257 e. The third-order valence-corrected chi connectivity index (χ3v) is 6.62. The Bertz CT molecular complexity index is 1030. The molecule has 36 heavy (non-hydrogen) atoms. The number of benzene rings is 2. The Kier molecular flexibility index (Phi) is 9.53. The highest BCUT2D eigenvalue weighted by molar-refractivity contribution is 6.18. The Labute approximate surface area is 214 Å². The van der Waals surface area contributed by atoms with Gasteiger partial charge in [0, 0.05) is 24.4 Å². The van der Waals surface area contributed by atoms with Crippen molar-refractivity contribution in [2.75, 3.05) is 51.5 Å². The van der Waals surface area contributed by atoms with E-state index in [0.29, 0.717) is 17.9 Å². The number of ether oxygens (including phenoxy) is 2. The number of anilines is 1.